The van der Waals surface area contributed by atoms with E-state index in [1.165, 1.54) is 29.0 Å². The Hall–Kier alpha value is -4.43. The molecule has 0 radical (unpaired) electrons. The molecule has 3 aromatic carbocycles. The van der Waals surface area contributed by atoms with Crippen LogP contribution in [0.3, 0.4) is 0 Å². The zero-order valence-electron chi connectivity index (χ0n) is 20.8. The van der Waals surface area contributed by atoms with Crippen molar-refractivity contribution in [1.82, 2.24) is 4.57 Å². The first kappa shape index (κ1) is 23.9. The number of hydrogen-bond acceptors (Lipinski definition) is 6. The van der Waals surface area contributed by atoms with Gasteiger partial charge >= 0.3 is 5.97 Å². The topological polar surface area (TPSA) is 90.1 Å². The van der Waals surface area contributed by atoms with Crippen LogP contribution >= 0.6 is 11.3 Å². The smallest absolute Gasteiger partial charge is 0.335 e. The number of hydrogen-bond donors (Lipinski definition) is 1. The predicted molar refractivity (Wildman–Crippen MR) is 146 cm³/mol. The quantitative estimate of drug-likeness (QED) is 0.426. The Balaban J connectivity index is 1.58. The Labute approximate surface area is 222 Å². The third kappa shape index (κ3) is 3.94. The number of fused-ring (bicyclic) bond motifs is 3. The summed E-state index contributed by atoms with van der Waals surface area (Å²) in [6.07, 6.45) is 3.45. The monoisotopic (exact) mass is 524 g/mol. The molecule has 0 saturated heterocycles. The SMILES string of the molecule is COc1ccc([C@@H]2C3=C(N=c4s/c(=C/c5ccc(C(=O)O)cc5)c(=O)n42)c2ccccc2CC3)cc1OC. The van der Waals surface area contributed by atoms with Crippen LogP contribution in [0.15, 0.2) is 82.1 Å². The number of carboxylic acid groups (broad SMARTS) is 1. The Morgan fingerprint density at radius 3 is 2.53 bits per heavy atom. The van der Waals surface area contributed by atoms with Gasteiger partial charge < -0.3 is 14.6 Å². The Morgan fingerprint density at radius 1 is 1.03 bits per heavy atom. The van der Waals surface area contributed by atoms with Crippen LogP contribution in [-0.4, -0.2) is 29.9 Å². The van der Waals surface area contributed by atoms with Crippen LogP contribution < -0.4 is 24.4 Å². The summed E-state index contributed by atoms with van der Waals surface area (Å²) < 4.78 is 13.4. The van der Waals surface area contributed by atoms with Gasteiger partial charge in [0.2, 0.25) is 0 Å². The van der Waals surface area contributed by atoms with Gasteiger partial charge in [0.05, 0.1) is 36.1 Å². The molecule has 7 nitrogen and oxygen atoms in total. The van der Waals surface area contributed by atoms with E-state index in [0.717, 1.165) is 40.8 Å². The first-order valence-electron chi connectivity index (χ1n) is 12.2. The maximum absolute atomic E-state index is 13.9. The Morgan fingerprint density at radius 2 is 1.79 bits per heavy atom. The van der Waals surface area contributed by atoms with Crippen molar-refractivity contribution in [2.45, 2.75) is 18.9 Å². The van der Waals surface area contributed by atoms with E-state index in [2.05, 4.69) is 12.1 Å². The van der Waals surface area contributed by atoms with Crippen molar-refractivity contribution in [2.75, 3.05) is 14.2 Å². The molecule has 0 spiro atoms. The van der Waals surface area contributed by atoms with Crippen LogP contribution in [0.4, 0.5) is 0 Å². The van der Waals surface area contributed by atoms with Crippen LogP contribution in [0.2, 0.25) is 0 Å². The minimum absolute atomic E-state index is 0.138. The first-order chi connectivity index (χ1) is 18.5. The lowest BCUT2D eigenvalue weighted by Crippen LogP contribution is -2.38. The minimum atomic E-state index is -0.989. The summed E-state index contributed by atoms with van der Waals surface area (Å²) in [4.78, 5) is 30.8. The van der Waals surface area contributed by atoms with Crippen molar-refractivity contribution < 1.29 is 19.4 Å². The van der Waals surface area contributed by atoms with Gasteiger partial charge in [-0.05, 0) is 65.4 Å². The molecule has 4 aromatic rings. The first-order valence-corrected chi connectivity index (χ1v) is 13.0. The normalized spacial score (nSPS) is 16.3. The molecular weight excluding hydrogens is 500 g/mol. The second-order valence-corrected chi connectivity index (χ2v) is 10.2. The number of ether oxygens (including phenoxy) is 2. The molecule has 0 bridgehead atoms. The molecule has 1 N–H and O–H groups in total. The second kappa shape index (κ2) is 9.46. The van der Waals surface area contributed by atoms with Gasteiger partial charge in [0, 0.05) is 5.56 Å². The molecule has 0 saturated carbocycles. The molecule has 1 aliphatic carbocycles. The van der Waals surface area contributed by atoms with Crippen LogP contribution in [0, 0.1) is 0 Å². The number of carboxylic acids is 1. The fraction of sp³-hybridized carbons (Fsp3) is 0.167. The van der Waals surface area contributed by atoms with Gasteiger partial charge in [-0.25, -0.2) is 9.79 Å². The summed E-state index contributed by atoms with van der Waals surface area (Å²) in [5.41, 5.74) is 6.09. The van der Waals surface area contributed by atoms with Gasteiger partial charge in [0.1, 0.15) is 0 Å². The van der Waals surface area contributed by atoms with Crippen molar-refractivity contribution in [3.8, 4) is 11.5 Å². The average molecular weight is 525 g/mol. The van der Waals surface area contributed by atoms with Crippen LogP contribution in [0.25, 0.3) is 11.8 Å². The molecule has 1 aromatic heterocycles. The van der Waals surface area contributed by atoms with E-state index in [1.54, 1.807) is 37.0 Å². The summed E-state index contributed by atoms with van der Waals surface area (Å²) in [5, 5.41) is 9.20. The van der Waals surface area contributed by atoms with E-state index >= 15 is 0 Å². The number of thiazole rings is 1. The van der Waals surface area contributed by atoms with E-state index in [1.807, 2.05) is 30.3 Å². The molecule has 2 aliphatic rings. The van der Waals surface area contributed by atoms with E-state index in [9.17, 15) is 14.7 Å². The third-order valence-electron chi connectivity index (χ3n) is 7.05. The molecular formula is C30H24N2O5S. The molecule has 190 valence electrons. The van der Waals surface area contributed by atoms with Crippen molar-refractivity contribution in [1.29, 1.82) is 0 Å². The van der Waals surface area contributed by atoms with Crippen LogP contribution in [-0.2, 0) is 6.42 Å². The number of carbonyl (C=O) groups is 1. The highest BCUT2D eigenvalue weighted by Gasteiger charge is 2.33. The van der Waals surface area contributed by atoms with Crippen molar-refractivity contribution in [3.05, 3.63) is 120 Å². The number of nitrogens with zero attached hydrogens (tertiary/aromatic N) is 2. The zero-order chi connectivity index (χ0) is 26.4. The maximum atomic E-state index is 13.9. The number of allylic oxidation sites excluding steroid dienone is 1. The molecule has 38 heavy (non-hydrogen) atoms. The molecule has 6 rings (SSSR count). The zero-order valence-corrected chi connectivity index (χ0v) is 21.6. The lowest BCUT2D eigenvalue weighted by atomic mass is 9.83. The van der Waals surface area contributed by atoms with Gasteiger partial charge in [-0.3, -0.25) is 9.36 Å². The summed E-state index contributed by atoms with van der Waals surface area (Å²) in [6.45, 7) is 0. The number of methoxy groups -OCH3 is 2. The number of benzene rings is 3. The highest BCUT2D eigenvalue weighted by Crippen LogP contribution is 2.42. The van der Waals surface area contributed by atoms with Gasteiger partial charge in [0.15, 0.2) is 16.3 Å². The van der Waals surface area contributed by atoms with Crippen molar-refractivity contribution in [2.24, 2.45) is 4.99 Å². The lowest BCUT2D eigenvalue weighted by molar-refractivity contribution is 0.0697. The summed E-state index contributed by atoms with van der Waals surface area (Å²) in [7, 11) is 3.20. The molecule has 0 unspecified atom stereocenters. The van der Waals surface area contributed by atoms with Gasteiger partial charge in [0.25, 0.3) is 5.56 Å². The average Bonchev–Trinajstić information content (AvgIpc) is 3.25. The fourth-order valence-electron chi connectivity index (χ4n) is 5.22. The van der Waals surface area contributed by atoms with Gasteiger partial charge in [-0.15, -0.1) is 0 Å². The van der Waals surface area contributed by atoms with Crippen molar-refractivity contribution in [3.63, 3.8) is 0 Å². The molecule has 0 fully saturated rings. The summed E-state index contributed by atoms with van der Waals surface area (Å²) in [5.74, 6) is 0.231. The maximum Gasteiger partial charge on any atom is 0.335 e. The highest BCUT2D eigenvalue weighted by atomic mass is 32.1. The Kier molecular flexibility index (Phi) is 5.96. The standard InChI is InChI=1S/C30H24N2O5S/c1-36-23-14-12-20(16-24(23)37-2)27-22-13-11-18-5-3-4-6-21(18)26(22)31-30-32(27)28(33)25(38-30)15-17-7-9-19(10-8-17)29(34)35/h3-10,12,14-16,27H,11,13H2,1-2H3,(H,34,35)/b25-15+/t27-/m1/s1. The predicted octanol–water partition coefficient (Wildman–Crippen LogP) is 4.03. The number of aromatic carboxylic acids is 1. The van der Waals surface area contributed by atoms with Gasteiger partial charge in [-0.1, -0.05) is 53.8 Å². The molecule has 0 amide bonds. The molecule has 2 heterocycles. The Bertz CT molecular complexity index is 1800. The molecule has 1 atom stereocenters. The molecule has 1 aliphatic heterocycles. The largest absolute Gasteiger partial charge is 0.493 e. The van der Waals surface area contributed by atoms with Crippen LogP contribution in [0.5, 0.6) is 11.5 Å². The fourth-order valence-corrected chi connectivity index (χ4v) is 6.22. The summed E-state index contributed by atoms with van der Waals surface area (Å²) >= 11 is 1.34. The lowest BCUT2D eigenvalue weighted by Gasteiger charge is -2.31. The second-order valence-electron chi connectivity index (χ2n) is 9.16. The van der Waals surface area contributed by atoms with Crippen molar-refractivity contribution >= 4 is 29.1 Å². The number of rotatable bonds is 5. The summed E-state index contributed by atoms with van der Waals surface area (Å²) in [6, 6.07) is 20.2. The van der Waals surface area contributed by atoms with Gasteiger partial charge in [-0.2, -0.15) is 0 Å². The minimum Gasteiger partial charge on any atom is -0.493 e. The van der Waals surface area contributed by atoms with E-state index in [-0.39, 0.29) is 17.2 Å². The van der Waals surface area contributed by atoms with Crippen LogP contribution in [0.1, 0.15) is 45.1 Å². The number of aromatic nitrogens is 1. The third-order valence-corrected chi connectivity index (χ3v) is 8.03. The van der Waals surface area contributed by atoms with E-state index in [0.29, 0.717) is 20.8 Å². The highest BCUT2D eigenvalue weighted by molar-refractivity contribution is 7.07. The molecule has 8 heteroatoms. The number of aryl methyl sites for hydroxylation is 1. The van der Waals surface area contributed by atoms with E-state index in [4.69, 9.17) is 14.5 Å². The van der Waals surface area contributed by atoms with E-state index < -0.39 is 5.97 Å².